The Balaban J connectivity index is 1.03. The molecule has 32 heteroatoms. The second-order valence-electron chi connectivity index (χ2n) is 25.9. The van der Waals surface area contributed by atoms with Gasteiger partial charge in [-0.1, -0.05) is 97.7 Å². The summed E-state index contributed by atoms with van der Waals surface area (Å²) >= 11 is 14.1. The smallest absolute Gasteiger partial charge is 0.338 e. The summed E-state index contributed by atoms with van der Waals surface area (Å²) in [6, 6.07) is 17.6. The number of likely N-dealkylation sites (N-methyl/N-ethyl adjacent to an activating group) is 1. The number of esters is 1. The number of rotatable bonds is 17. The number of aliphatic hydroxyl groups excluding tert-OH is 2. The van der Waals surface area contributed by atoms with Gasteiger partial charge in [-0.25, -0.2) is 9.59 Å². The summed E-state index contributed by atoms with van der Waals surface area (Å²) in [5.74, 6) is -14.8. The first-order valence-electron chi connectivity index (χ1n) is 33.5. The number of ether oxygens (including phenoxy) is 5. The highest BCUT2D eigenvalue weighted by molar-refractivity contribution is 6.32. The summed E-state index contributed by atoms with van der Waals surface area (Å²) in [5.41, 5.74) is 5.64. The zero-order valence-electron chi connectivity index (χ0n) is 57.2. The number of fused-ring (bicyclic) bond motifs is 15. The van der Waals surface area contributed by atoms with Crippen molar-refractivity contribution in [3.05, 3.63) is 177 Å². The van der Waals surface area contributed by atoms with Crippen LogP contribution in [-0.2, 0) is 52.7 Å². The van der Waals surface area contributed by atoms with Crippen LogP contribution in [0.25, 0.3) is 22.3 Å². The van der Waals surface area contributed by atoms with Crippen LogP contribution in [0.2, 0.25) is 10.0 Å². The summed E-state index contributed by atoms with van der Waals surface area (Å²) in [7, 11) is 2.89. The van der Waals surface area contributed by atoms with Crippen molar-refractivity contribution in [3.63, 3.8) is 0 Å². The van der Waals surface area contributed by atoms with Crippen LogP contribution in [0.4, 0.5) is 0 Å². The monoisotopic (exact) mass is 1500 g/mol. The number of aliphatic carboxylic acids is 1. The quantitative estimate of drug-likeness (QED) is 0.0369. The number of carbonyl (C=O) groups is 9. The van der Waals surface area contributed by atoms with Crippen molar-refractivity contribution in [1.82, 2.24) is 42.3 Å². The van der Waals surface area contributed by atoms with E-state index in [0.717, 1.165) is 47.5 Å². The number of hydrogen-bond acceptors (Lipinski definition) is 22. The molecule has 1 saturated heterocycles. The second-order valence-corrected chi connectivity index (χ2v) is 26.7. The third-order valence-electron chi connectivity index (χ3n) is 18.1. The highest BCUT2D eigenvalue weighted by atomic mass is 35.5. The fraction of sp³-hybridized carbons (Fsp3) is 0.311. The lowest BCUT2D eigenvalue weighted by Crippen LogP contribution is -2.59. The topological polar surface area (TPSA) is 444 Å². The molecule has 6 aliphatic rings. The van der Waals surface area contributed by atoms with E-state index in [1.165, 1.54) is 61.7 Å². The number of hydroxylamine groups is 2. The fourth-order valence-electron chi connectivity index (χ4n) is 12.7. The number of aliphatic hydroxyl groups is 2. The van der Waals surface area contributed by atoms with Gasteiger partial charge in [-0.05, 0) is 132 Å². The second kappa shape index (κ2) is 32.9. The minimum Gasteiger partial charge on any atom is -0.508 e. The summed E-state index contributed by atoms with van der Waals surface area (Å²) in [6.07, 6.45) is -5.65. The number of halogens is 2. The Hall–Kier alpha value is -11.1. The molecule has 0 aromatic heterocycles. The lowest BCUT2D eigenvalue weighted by Gasteiger charge is -2.35. The maximum atomic E-state index is 16.0. The molecule has 556 valence electrons. The molecule has 0 aliphatic carbocycles. The Morgan fingerprint density at radius 3 is 1.90 bits per heavy atom. The molecule has 0 saturated carbocycles. The summed E-state index contributed by atoms with van der Waals surface area (Å²) < 4.78 is 32.0. The SMILES string of the molecule is CN[C@H](CC(C)C)C(=O)N[C@H]1C(=O)N[C@@H](CC(N)=O)C(=O)N[C@H]2C(=O)N[C@H]3C(=O)N[C@H](C(=O)N[C@H](C(=O)O)c4cc(O)cc(O)c4-c4cc3ccc4O)[C@H](O)c3ccc(c(Cl)c3)Oc3cc2cc(c3OCCN(OC)[C@H]2CCC(OC(=O)c3ccc(-c4ccccc4)cc3)CO2)Oc2ccc(cc2Cl)[C@H]1O. The van der Waals surface area contributed by atoms with Crippen LogP contribution >= 0.6 is 23.2 Å². The number of hydrogen-bond donors (Lipinski definition) is 14. The fourth-order valence-corrected chi connectivity index (χ4v) is 13.2. The van der Waals surface area contributed by atoms with Gasteiger partial charge in [0.15, 0.2) is 17.5 Å². The van der Waals surface area contributed by atoms with E-state index < -0.39 is 160 Å². The van der Waals surface area contributed by atoms with Crippen molar-refractivity contribution in [1.29, 1.82) is 0 Å². The predicted molar refractivity (Wildman–Crippen MR) is 378 cm³/mol. The molecule has 30 nitrogen and oxygen atoms in total. The number of carboxylic acid groups (broad SMARTS) is 1. The summed E-state index contributed by atoms with van der Waals surface area (Å²) in [4.78, 5) is 136. The number of carboxylic acids is 1. The van der Waals surface area contributed by atoms with E-state index in [9.17, 15) is 59.4 Å². The van der Waals surface area contributed by atoms with Crippen molar-refractivity contribution >= 4 is 76.5 Å². The van der Waals surface area contributed by atoms with Gasteiger partial charge in [-0.2, -0.15) is 5.06 Å². The molecule has 6 aliphatic heterocycles. The number of aromatic hydroxyl groups is 3. The molecule has 13 rings (SSSR count). The normalized spacial score (nSPS) is 22.0. The lowest BCUT2D eigenvalue weighted by atomic mass is 9.89. The van der Waals surface area contributed by atoms with Crippen LogP contribution in [0.3, 0.4) is 0 Å². The Morgan fingerprint density at radius 2 is 1.29 bits per heavy atom. The zero-order chi connectivity index (χ0) is 75.9. The maximum Gasteiger partial charge on any atom is 0.338 e. The number of phenols is 3. The summed E-state index contributed by atoms with van der Waals surface area (Å²) in [5, 5.41) is 87.6. The molecule has 11 atom stereocenters. The standard InChI is InChI=1S/C74H75Cl2N9O21/c1-34(2)24-48(78-3)67(92)83-62-64(90)39-15-19-52(46(75)26-39)105-54-28-41-29-55(66(54)102-23-22-85(101-4)57-21-17-43(33-103-57)104-74(100)37-12-10-36(11-13-37)35-8-6-5-7-9-35)106-53-20-16-40(27-47(53)76)65(91)63-72(97)82-61(73(98)99)45-30-42(86)31-51(88)58(45)44-25-38(14-18-50(44)87)59(69(94)84-63)81-70(95)60(41)80-68(93)49(32-56(77)89)79-71(62)96/h5-16,18-20,25-31,34,43,48-49,57,59-65,78,86-88,90-91H,17,21-24,32-33H2,1-4H3,(H2,77,89)(H,79,96)(H,80,93)(H,81,95)(H,82,97)(H,83,92)(H,84,94)(H,98,99)/t43?,48-,49+,57-,59-,60-,61+,62-,63+,64-,65-/m1/s1. The first kappa shape index (κ1) is 76.1. The average Bonchev–Trinajstić information content (AvgIpc) is 0.760. The van der Waals surface area contributed by atoms with Gasteiger partial charge in [0.05, 0.1) is 48.3 Å². The lowest BCUT2D eigenvalue weighted by molar-refractivity contribution is -0.258. The number of phenolic OH excluding ortho intramolecular Hbond substituents is 3. The van der Waals surface area contributed by atoms with Gasteiger partial charge in [-0.15, -0.1) is 0 Å². The van der Waals surface area contributed by atoms with Crippen molar-refractivity contribution in [2.45, 2.75) is 106 Å². The molecule has 106 heavy (non-hydrogen) atoms. The molecular formula is C74H75Cl2N9O21. The van der Waals surface area contributed by atoms with Gasteiger partial charge in [-0.3, -0.25) is 38.4 Å². The molecule has 6 heterocycles. The molecular weight excluding hydrogens is 1420 g/mol. The van der Waals surface area contributed by atoms with Gasteiger partial charge < -0.3 is 97.3 Å². The van der Waals surface area contributed by atoms with Crippen molar-refractivity contribution < 1.29 is 102 Å². The van der Waals surface area contributed by atoms with Crippen LogP contribution in [0.5, 0.6) is 46.0 Å². The first-order valence-corrected chi connectivity index (χ1v) is 34.2. The predicted octanol–water partition coefficient (Wildman–Crippen LogP) is 5.96. The Labute approximate surface area is 615 Å². The highest BCUT2D eigenvalue weighted by Crippen LogP contribution is 2.49. The van der Waals surface area contributed by atoms with Gasteiger partial charge in [0.25, 0.3) is 0 Å². The van der Waals surface area contributed by atoms with Crippen LogP contribution in [0.1, 0.15) is 108 Å². The number of benzene rings is 7. The summed E-state index contributed by atoms with van der Waals surface area (Å²) in [6.45, 7) is 3.23. The van der Waals surface area contributed by atoms with E-state index in [2.05, 4.69) is 37.2 Å². The van der Waals surface area contributed by atoms with Crippen LogP contribution < -0.4 is 57.2 Å². The molecule has 15 N–H and O–H groups in total. The highest BCUT2D eigenvalue weighted by Gasteiger charge is 2.42. The van der Waals surface area contributed by atoms with Crippen molar-refractivity contribution in [2.75, 3.05) is 33.9 Å². The largest absolute Gasteiger partial charge is 0.508 e. The Morgan fingerprint density at radius 1 is 0.670 bits per heavy atom. The molecule has 7 aromatic rings. The van der Waals surface area contributed by atoms with E-state index in [0.29, 0.717) is 12.0 Å². The molecule has 7 amide bonds. The number of carbonyl (C=O) groups excluding carboxylic acids is 8. The van der Waals surface area contributed by atoms with Crippen LogP contribution in [0.15, 0.2) is 133 Å². The Kier molecular flexibility index (Phi) is 23.6. The number of nitrogens with zero attached hydrogens (tertiary/aromatic N) is 1. The zero-order valence-corrected chi connectivity index (χ0v) is 58.7. The molecule has 0 spiro atoms. The van der Waals surface area contributed by atoms with Crippen LogP contribution in [0, 0.1) is 5.92 Å². The van der Waals surface area contributed by atoms with E-state index in [4.69, 9.17) is 57.5 Å². The van der Waals surface area contributed by atoms with Crippen molar-refractivity contribution in [2.24, 2.45) is 11.7 Å². The van der Waals surface area contributed by atoms with Gasteiger partial charge in [0.1, 0.15) is 90.1 Å². The van der Waals surface area contributed by atoms with Crippen molar-refractivity contribution in [3.8, 4) is 68.2 Å². The van der Waals surface area contributed by atoms with Gasteiger partial charge in [0.2, 0.25) is 47.1 Å². The Bertz CT molecular complexity index is 4540. The molecule has 1 unspecified atom stereocenters. The molecule has 1 fully saturated rings. The third-order valence-corrected chi connectivity index (χ3v) is 18.7. The molecule has 7 aromatic carbocycles. The maximum absolute atomic E-state index is 16.0. The number of nitrogens with one attached hydrogen (secondary N) is 7. The van der Waals surface area contributed by atoms with E-state index in [-0.39, 0.29) is 99.6 Å². The van der Waals surface area contributed by atoms with E-state index in [1.54, 1.807) is 12.1 Å². The van der Waals surface area contributed by atoms with Gasteiger partial charge in [0, 0.05) is 22.8 Å². The number of primary amides is 1. The van der Waals surface area contributed by atoms with E-state index >= 15 is 14.4 Å². The first-order chi connectivity index (χ1) is 50.7. The number of nitrogens with two attached hydrogens (primary N) is 1. The molecule has 11 bridgehead atoms. The minimum atomic E-state index is -2.23. The molecule has 0 radical (unpaired) electrons. The third kappa shape index (κ3) is 17.2. The van der Waals surface area contributed by atoms with Gasteiger partial charge >= 0.3 is 11.9 Å². The minimum absolute atomic E-state index is 0.0270. The van der Waals surface area contributed by atoms with E-state index in [1.807, 2.05) is 56.3 Å². The van der Waals surface area contributed by atoms with Crippen LogP contribution in [-0.4, -0.2) is 159 Å². The average molecular weight is 1500 g/mol. The number of amides is 7.